The maximum Gasteiger partial charge on any atom is 0.323 e. The van der Waals surface area contributed by atoms with Crippen molar-refractivity contribution < 1.29 is 14.4 Å². The summed E-state index contributed by atoms with van der Waals surface area (Å²) in [6.45, 7) is 1.74. The Balaban J connectivity index is 1.44. The van der Waals surface area contributed by atoms with Crippen LogP contribution in [-0.4, -0.2) is 20.1 Å². The number of rotatable bonds is 5. The van der Waals surface area contributed by atoms with Crippen molar-refractivity contribution in [2.75, 3.05) is 35.1 Å². The zero-order chi connectivity index (χ0) is 26.8. The predicted octanol–water partition coefficient (Wildman–Crippen LogP) is 5.73. The molecule has 5 rings (SSSR count). The van der Waals surface area contributed by atoms with E-state index in [1.54, 1.807) is 31.1 Å². The summed E-state index contributed by atoms with van der Waals surface area (Å²) in [6, 6.07) is 25.1. The molecule has 1 atom stereocenters. The number of amides is 2. The van der Waals surface area contributed by atoms with Gasteiger partial charge in [-0.2, -0.15) is 0 Å². The molecule has 2 amide bonds. The van der Waals surface area contributed by atoms with Gasteiger partial charge in [-0.05, 0) is 48.4 Å². The van der Waals surface area contributed by atoms with Crippen LogP contribution in [0.1, 0.15) is 16.7 Å². The highest BCUT2D eigenvalue weighted by molar-refractivity contribution is 6.02. The highest BCUT2D eigenvalue weighted by Crippen LogP contribution is 2.32. The third kappa shape index (κ3) is 4.82. The van der Waals surface area contributed by atoms with Crippen LogP contribution in [0.2, 0.25) is 0 Å². The van der Waals surface area contributed by atoms with Gasteiger partial charge in [-0.15, -0.1) is 0 Å². The van der Waals surface area contributed by atoms with Crippen LogP contribution >= 0.6 is 0 Å². The van der Waals surface area contributed by atoms with Gasteiger partial charge in [0.1, 0.15) is 5.82 Å². The first-order valence-corrected chi connectivity index (χ1v) is 12.2. The standard InChI is InChI=1S/C30H28FN5O2/c1-19-15-25(31)27(34-30(37)33-26-12-8-7-11-23(26)20-9-5-4-6-10-20)18-24(19)29-16-21-13-14-22(32-2)17-28(21)35(3)36(29)38/h4-18,32,36H,1-3H3,(H2,33,34,37). The molecule has 4 aromatic carbocycles. The molecule has 0 saturated carbocycles. The predicted molar refractivity (Wildman–Crippen MR) is 152 cm³/mol. The molecule has 1 unspecified atom stereocenters. The highest BCUT2D eigenvalue weighted by Gasteiger charge is 2.26. The van der Waals surface area contributed by atoms with Gasteiger partial charge >= 0.3 is 6.03 Å². The second-order valence-electron chi connectivity index (χ2n) is 9.08. The number of hydrogen-bond acceptors (Lipinski definition) is 4. The van der Waals surface area contributed by atoms with Crippen LogP contribution in [-0.2, 0) is 0 Å². The molecule has 38 heavy (non-hydrogen) atoms. The Labute approximate surface area is 220 Å². The average molecular weight is 510 g/mol. The number of hydrogen-bond donors (Lipinski definition) is 4. The van der Waals surface area contributed by atoms with Gasteiger partial charge in [0.25, 0.3) is 0 Å². The molecule has 0 radical (unpaired) electrons. The van der Waals surface area contributed by atoms with Crippen LogP contribution in [0.5, 0.6) is 0 Å². The first-order chi connectivity index (χ1) is 18.4. The van der Waals surface area contributed by atoms with Gasteiger partial charge in [0.15, 0.2) is 5.70 Å². The molecule has 1 aliphatic rings. The normalized spacial score (nSPS) is 14.4. The minimum Gasteiger partial charge on any atom is -0.603 e. The van der Waals surface area contributed by atoms with Crippen LogP contribution in [0.15, 0.2) is 84.9 Å². The van der Waals surface area contributed by atoms with Crippen LogP contribution in [0.25, 0.3) is 22.9 Å². The van der Waals surface area contributed by atoms with Gasteiger partial charge in [-0.25, -0.2) is 19.4 Å². The van der Waals surface area contributed by atoms with E-state index in [1.165, 1.54) is 12.1 Å². The molecule has 0 aliphatic carbocycles. The summed E-state index contributed by atoms with van der Waals surface area (Å²) in [4.78, 5) is 12.9. The van der Waals surface area contributed by atoms with Crippen LogP contribution in [0.3, 0.4) is 0 Å². The van der Waals surface area contributed by atoms with Crippen molar-refractivity contribution in [1.29, 1.82) is 0 Å². The molecule has 7 nitrogen and oxygen atoms in total. The van der Waals surface area contributed by atoms with E-state index in [1.807, 2.05) is 73.8 Å². The van der Waals surface area contributed by atoms with Crippen LogP contribution < -0.4 is 26.1 Å². The minimum atomic E-state index is -0.590. The number of nitrogens with zero attached hydrogens (tertiary/aromatic N) is 1. The average Bonchev–Trinajstić information content (AvgIpc) is 2.93. The zero-order valence-electron chi connectivity index (χ0n) is 21.3. The number of halogens is 1. The molecule has 4 N–H and O–H groups in total. The lowest BCUT2D eigenvalue weighted by Crippen LogP contribution is -3.12. The van der Waals surface area contributed by atoms with Crippen molar-refractivity contribution in [3.05, 3.63) is 113 Å². The van der Waals surface area contributed by atoms with Crippen LogP contribution in [0.4, 0.5) is 31.9 Å². The quantitative estimate of drug-likeness (QED) is 0.259. The van der Waals surface area contributed by atoms with E-state index in [2.05, 4.69) is 16.0 Å². The van der Waals surface area contributed by atoms with Crippen molar-refractivity contribution >= 4 is 40.6 Å². The molecular formula is C30H28FN5O2. The van der Waals surface area contributed by atoms with E-state index in [-0.39, 0.29) is 10.9 Å². The number of benzene rings is 4. The molecule has 4 aromatic rings. The fourth-order valence-electron chi connectivity index (χ4n) is 4.61. The van der Waals surface area contributed by atoms with Crippen LogP contribution in [0, 0.1) is 17.9 Å². The summed E-state index contributed by atoms with van der Waals surface area (Å²) in [7, 11) is 3.53. The fraction of sp³-hybridized carbons (Fsp3) is 0.100. The second-order valence-corrected chi connectivity index (χ2v) is 9.08. The Morgan fingerprint density at radius 2 is 1.61 bits per heavy atom. The number of hydroxylamine groups is 1. The number of urea groups is 1. The van der Waals surface area contributed by atoms with Gasteiger partial charge < -0.3 is 21.2 Å². The van der Waals surface area contributed by atoms with Gasteiger partial charge in [0.05, 0.1) is 24.1 Å². The largest absolute Gasteiger partial charge is 0.603 e. The monoisotopic (exact) mass is 509 g/mol. The number of aryl methyl sites for hydroxylation is 1. The SMILES string of the molecule is CNc1ccc2c(c1)N(C)[NH+]([O-])C(c1cc(NC(=O)Nc3ccccc3-c3ccccc3)c(F)cc1C)=C2. The maximum absolute atomic E-state index is 15.0. The molecule has 0 fully saturated rings. The molecule has 8 heteroatoms. The number of carbonyl (C=O) groups excluding carboxylic acids is 1. The third-order valence-corrected chi connectivity index (χ3v) is 6.63. The summed E-state index contributed by atoms with van der Waals surface area (Å²) in [6.07, 6.45) is 1.80. The molecule has 0 saturated heterocycles. The zero-order valence-corrected chi connectivity index (χ0v) is 21.3. The number of fused-ring (bicyclic) bond motifs is 1. The van der Waals surface area contributed by atoms with Crippen molar-refractivity contribution in [1.82, 2.24) is 0 Å². The molecule has 0 bridgehead atoms. The summed E-state index contributed by atoms with van der Waals surface area (Å²) in [5.41, 5.74) is 6.46. The smallest absolute Gasteiger partial charge is 0.323 e. The number of para-hydroxylation sites is 1. The molecule has 1 heterocycles. The van der Waals surface area contributed by atoms with E-state index in [4.69, 9.17) is 0 Å². The van der Waals surface area contributed by atoms with E-state index in [0.717, 1.165) is 28.1 Å². The number of carbonyl (C=O) groups is 1. The van der Waals surface area contributed by atoms with E-state index in [0.29, 0.717) is 22.5 Å². The lowest BCUT2D eigenvalue weighted by atomic mass is 10.00. The van der Waals surface area contributed by atoms with E-state index < -0.39 is 11.8 Å². The number of quaternary nitrogens is 1. The Kier molecular flexibility index (Phi) is 6.83. The minimum absolute atomic E-state index is 0.0204. The van der Waals surface area contributed by atoms with Gasteiger partial charge in [-0.1, -0.05) is 54.6 Å². The molecular weight excluding hydrogens is 481 g/mol. The number of anilines is 4. The lowest BCUT2D eigenvalue weighted by molar-refractivity contribution is -0.777. The molecule has 0 spiro atoms. The first kappa shape index (κ1) is 25.0. The van der Waals surface area contributed by atoms with Gasteiger partial charge in [-0.3, -0.25) is 0 Å². The summed E-state index contributed by atoms with van der Waals surface area (Å²) in [5.74, 6) is -0.589. The van der Waals surface area contributed by atoms with Crippen molar-refractivity contribution in [3.63, 3.8) is 0 Å². The van der Waals surface area contributed by atoms with Gasteiger partial charge in [0.2, 0.25) is 0 Å². The van der Waals surface area contributed by atoms with Crippen molar-refractivity contribution in [3.8, 4) is 11.1 Å². The van der Waals surface area contributed by atoms with Crippen molar-refractivity contribution in [2.24, 2.45) is 0 Å². The topological polar surface area (TPSA) is 83.9 Å². The van der Waals surface area contributed by atoms with Crippen molar-refractivity contribution in [2.45, 2.75) is 6.92 Å². The third-order valence-electron chi connectivity index (χ3n) is 6.63. The fourth-order valence-corrected chi connectivity index (χ4v) is 4.61. The first-order valence-electron chi connectivity index (χ1n) is 12.2. The Hall–Kier alpha value is -4.66. The van der Waals surface area contributed by atoms with E-state index >= 15 is 0 Å². The van der Waals surface area contributed by atoms with E-state index in [9.17, 15) is 14.4 Å². The maximum atomic E-state index is 15.0. The molecule has 0 aromatic heterocycles. The second kappa shape index (κ2) is 10.4. The highest BCUT2D eigenvalue weighted by atomic mass is 19.1. The molecule has 192 valence electrons. The summed E-state index contributed by atoms with van der Waals surface area (Å²) < 4.78 is 15.0. The summed E-state index contributed by atoms with van der Waals surface area (Å²) >= 11 is 0. The lowest BCUT2D eigenvalue weighted by Gasteiger charge is -2.38. The Morgan fingerprint density at radius 3 is 2.37 bits per heavy atom. The summed E-state index contributed by atoms with van der Waals surface area (Å²) in [5, 5.41) is 23.2. The van der Waals surface area contributed by atoms with Gasteiger partial charge in [0, 0.05) is 35.5 Å². The number of nitrogens with one attached hydrogen (secondary N) is 4. The Bertz CT molecular complexity index is 1540. The molecule has 1 aliphatic heterocycles. The Morgan fingerprint density at radius 1 is 0.895 bits per heavy atom.